The lowest BCUT2D eigenvalue weighted by molar-refractivity contribution is -0.118. The van der Waals surface area contributed by atoms with Gasteiger partial charge in [0.05, 0.1) is 29.0 Å². The number of hydrogen-bond donors (Lipinski definition) is 2. The molecule has 6 rings (SSSR count). The first-order chi connectivity index (χ1) is 15.7. The van der Waals surface area contributed by atoms with Crippen molar-refractivity contribution in [2.24, 2.45) is 5.92 Å². The molecule has 1 fully saturated rings. The summed E-state index contributed by atoms with van der Waals surface area (Å²) >= 11 is 0. The summed E-state index contributed by atoms with van der Waals surface area (Å²) in [7, 11) is 0. The number of hydrogen-bond acceptors (Lipinski definition) is 7. The number of allylic oxidation sites excluding steroid dienone is 1. The number of carbonyl (C=O) groups excluding carboxylic acids is 1. The maximum atomic E-state index is 13.9. The second-order valence-corrected chi connectivity index (χ2v) is 8.40. The van der Waals surface area contributed by atoms with Crippen LogP contribution in [0.25, 0.3) is 6.08 Å². The molecule has 1 saturated heterocycles. The Morgan fingerprint density at radius 2 is 2.19 bits per heavy atom. The second kappa shape index (κ2) is 7.59. The standard InChI is InChI=1S/C23H23FN6O2/c24-15-9-19-17(26-11-15)2-3-18-22-14(5-6-29(22)7-8-30(18)19)10-25-12-16-1-4-20-23(27-16)28-21(31)13-32-20/h1-4,9,11,14,25H,5-8,10,12-13H2,(H,27,28,31)/t14-/m0/s1. The lowest BCUT2D eigenvalue weighted by Crippen LogP contribution is -2.42. The van der Waals surface area contributed by atoms with Crippen LogP contribution in [-0.4, -0.2) is 53.6 Å². The van der Waals surface area contributed by atoms with E-state index in [1.807, 2.05) is 18.2 Å². The molecule has 0 bridgehead atoms. The van der Waals surface area contributed by atoms with E-state index in [-0.39, 0.29) is 18.3 Å². The fourth-order valence-corrected chi connectivity index (χ4v) is 4.95. The third-order valence-corrected chi connectivity index (χ3v) is 6.40. The molecule has 0 aliphatic carbocycles. The molecule has 0 saturated carbocycles. The predicted octanol–water partition coefficient (Wildman–Crippen LogP) is 2.12. The topological polar surface area (TPSA) is 82.6 Å². The van der Waals surface area contributed by atoms with E-state index in [1.54, 1.807) is 6.07 Å². The van der Waals surface area contributed by atoms with E-state index in [1.165, 1.54) is 11.9 Å². The van der Waals surface area contributed by atoms with E-state index in [0.29, 0.717) is 24.0 Å². The van der Waals surface area contributed by atoms with Crippen molar-refractivity contribution < 1.29 is 13.9 Å². The molecule has 4 aliphatic heterocycles. The number of nitrogens with zero attached hydrogens (tertiary/aromatic N) is 4. The van der Waals surface area contributed by atoms with Gasteiger partial charge < -0.3 is 25.2 Å². The van der Waals surface area contributed by atoms with Crippen molar-refractivity contribution in [3.63, 3.8) is 0 Å². The molecule has 1 atom stereocenters. The number of amides is 1. The first-order valence-corrected chi connectivity index (χ1v) is 10.9. The smallest absolute Gasteiger partial charge is 0.263 e. The zero-order valence-corrected chi connectivity index (χ0v) is 17.5. The molecule has 0 radical (unpaired) electrons. The fourth-order valence-electron chi connectivity index (χ4n) is 4.95. The summed E-state index contributed by atoms with van der Waals surface area (Å²) < 4.78 is 19.2. The molecule has 32 heavy (non-hydrogen) atoms. The van der Waals surface area contributed by atoms with E-state index >= 15 is 0 Å². The predicted molar refractivity (Wildman–Crippen MR) is 117 cm³/mol. The number of carbonyl (C=O) groups is 1. The quantitative estimate of drug-likeness (QED) is 0.763. The number of rotatable bonds is 4. The number of pyridine rings is 2. The van der Waals surface area contributed by atoms with Crippen LogP contribution in [0.2, 0.25) is 0 Å². The number of aromatic nitrogens is 2. The molecule has 4 aliphatic rings. The Morgan fingerprint density at radius 1 is 1.25 bits per heavy atom. The second-order valence-electron chi connectivity index (χ2n) is 8.40. The molecular formula is C23H23FN6O2. The molecule has 6 heterocycles. The molecule has 0 spiro atoms. The van der Waals surface area contributed by atoms with Gasteiger partial charge in [0.25, 0.3) is 5.91 Å². The van der Waals surface area contributed by atoms with Crippen molar-refractivity contribution in [1.82, 2.24) is 20.2 Å². The van der Waals surface area contributed by atoms with Gasteiger partial charge in [-0.1, -0.05) is 0 Å². The minimum Gasteiger partial charge on any atom is -0.480 e. The van der Waals surface area contributed by atoms with Crippen molar-refractivity contribution in [2.45, 2.75) is 13.0 Å². The van der Waals surface area contributed by atoms with Crippen LogP contribution in [0.3, 0.4) is 0 Å². The lowest BCUT2D eigenvalue weighted by Gasteiger charge is -2.40. The van der Waals surface area contributed by atoms with Gasteiger partial charge in [0.1, 0.15) is 5.82 Å². The summed E-state index contributed by atoms with van der Waals surface area (Å²) in [5, 5.41) is 6.28. The highest BCUT2D eigenvalue weighted by molar-refractivity contribution is 5.94. The van der Waals surface area contributed by atoms with Crippen LogP contribution in [0.5, 0.6) is 5.75 Å². The van der Waals surface area contributed by atoms with Gasteiger partial charge in [0.15, 0.2) is 18.2 Å². The molecule has 1 amide bonds. The molecule has 2 aromatic heterocycles. The Morgan fingerprint density at radius 3 is 3.12 bits per heavy atom. The number of halogens is 1. The van der Waals surface area contributed by atoms with E-state index in [2.05, 4.69) is 36.5 Å². The Bertz CT molecular complexity index is 1160. The normalized spacial score (nSPS) is 20.9. The van der Waals surface area contributed by atoms with E-state index in [0.717, 1.165) is 55.4 Å². The first-order valence-electron chi connectivity index (χ1n) is 10.9. The van der Waals surface area contributed by atoms with Gasteiger partial charge in [0, 0.05) is 50.4 Å². The first kappa shape index (κ1) is 19.2. The van der Waals surface area contributed by atoms with Crippen molar-refractivity contribution >= 4 is 23.5 Å². The van der Waals surface area contributed by atoms with Crippen molar-refractivity contribution in [3.8, 4) is 5.75 Å². The third-order valence-electron chi connectivity index (χ3n) is 6.40. The van der Waals surface area contributed by atoms with Crippen molar-refractivity contribution in [1.29, 1.82) is 0 Å². The molecule has 164 valence electrons. The van der Waals surface area contributed by atoms with Crippen molar-refractivity contribution in [3.05, 3.63) is 59.1 Å². The molecular weight excluding hydrogens is 411 g/mol. The molecule has 9 heteroatoms. The van der Waals surface area contributed by atoms with E-state index in [9.17, 15) is 9.18 Å². The number of nitrogens with one attached hydrogen (secondary N) is 2. The summed E-state index contributed by atoms with van der Waals surface area (Å²) in [6.07, 6.45) is 6.43. The Kier molecular flexibility index (Phi) is 4.57. The van der Waals surface area contributed by atoms with Crippen LogP contribution < -0.4 is 20.3 Å². The van der Waals surface area contributed by atoms with Crippen LogP contribution in [0.1, 0.15) is 17.8 Å². The molecule has 8 nitrogen and oxygen atoms in total. The third kappa shape index (κ3) is 3.29. The fraction of sp³-hybridized carbons (Fsp3) is 0.348. The average Bonchev–Trinajstić information content (AvgIpc) is 3.22. The SMILES string of the molecule is O=C1COc2ccc(CNC[C@@H]3CCN4CCN5C(=C34)C=Cc3ncc(F)cc35)nc2N1. The van der Waals surface area contributed by atoms with Gasteiger partial charge in [0.2, 0.25) is 0 Å². The van der Waals surface area contributed by atoms with E-state index in [4.69, 9.17) is 4.74 Å². The van der Waals surface area contributed by atoms with Gasteiger partial charge in [-0.25, -0.2) is 9.37 Å². The number of anilines is 2. The van der Waals surface area contributed by atoms with Gasteiger partial charge >= 0.3 is 0 Å². The van der Waals surface area contributed by atoms with Crippen LogP contribution >= 0.6 is 0 Å². The number of fused-ring (bicyclic) bond motifs is 5. The highest BCUT2D eigenvalue weighted by Crippen LogP contribution is 2.40. The summed E-state index contributed by atoms with van der Waals surface area (Å²) in [6, 6.07) is 5.34. The van der Waals surface area contributed by atoms with Gasteiger partial charge in [-0.15, -0.1) is 0 Å². The van der Waals surface area contributed by atoms with Crippen LogP contribution in [-0.2, 0) is 11.3 Å². The van der Waals surface area contributed by atoms with Crippen molar-refractivity contribution in [2.75, 3.05) is 43.0 Å². The zero-order chi connectivity index (χ0) is 21.7. The average molecular weight is 434 g/mol. The molecule has 2 N–H and O–H groups in total. The van der Waals surface area contributed by atoms with Gasteiger partial charge in [-0.3, -0.25) is 9.78 Å². The minimum absolute atomic E-state index is 0.0283. The summed E-state index contributed by atoms with van der Waals surface area (Å²) in [6.45, 7) is 4.22. The molecule has 0 unspecified atom stereocenters. The molecule has 0 aromatic carbocycles. The lowest BCUT2D eigenvalue weighted by atomic mass is 9.99. The number of ether oxygens (including phenoxy) is 1. The largest absolute Gasteiger partial charge is 0.480 e. The highest BCUT2D eigenvalue weighted by Gasteiger charge is 2.36. The van der Waals surface area contributed by atoms with Crippen LogP contribution in [0.4, 0.5) is 15.9 Å². The summed E-state index contributed by atoms with van der Waals surface area (Å²) in [5.74, 6) is 0.945. The minimum atomic E-state index is -0.311. The Labute approximate surface area is 184 Å². The maximum Gasteiger partial charge on any atom is 0.263 e. The Balaban J connectivity index is 1.19. The monoisotopic (exact) mass is 434 g/mol. The van der Waals surface area contributed by atoms with Gasteiger partial charge in [-0.05, 0) is 30.7 Å². The summed E-state index contributed by atoms with van der Waals surface area (Å²) in [5.41, 5.74) is 4.96. The van der Waals surface area contributed by atoms with Crippen LogP contribution in [0.15, 0.2) is 41.9 Å². The highest BCUT2D eigenvalue weighted by atomic mass is 19.1. The molecule has 2 aromatic rings. The summed E-state index contributed by atoms with van der Waals surface area (Å²) in [4.78, 5) is 24.9. The van der Waals surface area contributed by atoms with Gasteiger partial charge in [-0.2, -0.15) is 0 Å². The van der Waals surface area contributed by atoms with E-state index < -0.39 is 0 Å². The maximum absolute atomic E-state index is 13.9. The zero-order valence-electron chi connectivity index (χ0n) is 17.5. The Hall–Kier alpha value is -3.46. The van der Waals surface area contributed by atoms with Crippen LogP contribution in [0, 0.1) is 11.7 Å².